The summed E-state index contributed by atoms with van der Waals surface area (Å²) in [5.41, 5.74) is 4.99. The normalized spacial score (nSPS) is 11.2. The molecule has 182 valence electrons. The zero-order chi connectivity index (χ0) is 24.1. The average Bonchev–Trinajstić information content (AvgIpc) is 3.49. The van der Waals surface area contributed by atoms with Crippen molar-refractivity contribution in [2.24, 2.45) is 0 Å². The molecule has 3 aromatic carbocycles. The van der Waals surface area contributed by atoms with E-state index in [0.717, 1.165) is 22.4 Å². The van der Waals surface area contributed by atoms with Gasteiger partial charge in [0, 0.05) is 29.2 Å². The lowest BCUT2D eigenvalue weighted by Gasteiger charge is -2.12. The van der Waals surface area contributed by atoms with Gasteiger partial charge in [-0.05, 0) is 60.2 Å². The smallest absolute Gasteiger partial charge is 0.272 e. The van der Waals surface area contributed by atoms with Crippen molar-refractivity contribution in [3.8, 4) is 5.75 Å². The first kappa shape index (κ1) is 23.4. The Morgan fingerprint density at radius 1 is 0.972 bits per heavy atom. The Bertz CT molecular complexity index is 1750. The first-order valence-electron chi connectivity index (χ1n) is 11.0. The minimum atomic E-state index is -0.391. The largest absolute Gasteiger partial charge is 0.495 e. The third-order valence-corrected chi connectivity index (χ3v) is 6.13. The highest BCUT2D eigenvalue weighted by atomic mass is 35.5. The first-order valence-corrected chi connectivity index (χ1v) is 11.0. The lowest BCUT2D eigenvalue weighted by Crippen LogP contribution is -2.17. The standard InChI is InChI=1S/C27H20F2N4O2.ClH/c1-35-21-13-26-31-22-12-20(6-8-24(22)33(26)15-21)30-27(34)25-11-17-10-19(29)5-7-23(17)32(25)14-16-3-2-4-18(28)9-16;/h2-13,15,31H,14H2,1H3,(H,30,34);1H. The van der Waals surface area contributed by atoms with Gasteiger partial charge < -0.3 is 19.6 Å². The summed E-state index contributed by atoms with van der Waals surface area (Å²) >= 11 is 0. The van der Waals surface area contributed by atoms with Gasteiger partial charge in [0.2, 0.25) is 0 Å². The lowest BCUT2D eigenvalue weighted by molar-refractivity contribution is 0.101. The topological polar surface area (TPSA) is 63.5 Å². The number of aromatic amines is 1. The van der Waals surface area contributed by atoms with Gasteiger partial charge in [0.1, 0.15) is 28.7 Å². The maximum absolute atomic E-state index is 13.9. The van der Waals surface area contributed by atoms with E-state index in [9.17, 15) is 13.6 Å². The number of carbonyl (C=O) groups is 1. The van der Waals surface area contributed by atoms with Crippen LogP contribution in [-0.4, -0.2) is 27.0 Å². The van der Waals surface area contributed by atoms with Crippen LogP contribution >= 0.6 is 12.4 Å². The fourth-order valence-corrected chi connectivity index (χ4v) is 4.52. The van der Waals surface area contributed by atoms with Gasteiger partial charge in [0.05, 0.1) is 24.3 Å². The maximum Gasteiger partial charge on any atom is 0.272 e. The molecule has 0 bridgehead atoms. The molecule has 9 heteroatoms. The van der Waals surface area contributed by atoms with Crippen LogP contribution in [0.3, 0.4) is 0 Å². The molecule has 0 aliphatic rings. The number of hydrogen-bond donors (Lipinski definition) is 2. The Morgan fingerprint density at radius 2 is 1.78 bits per heavy atom. The molecule has 0 fully saturated rings. The van der Waals surface area contributed by atoms with Crippen molar-refractivity contribution in [2.45, 2.75) is 6.54 Å². The summed E-state index contributed by atoms with van der Waals surface area (Å²) < 4.78 is 36.7. The van der Waals surface area contributed by atoms with Crippen molar-refractivity contribution < 1.29 is 18.3 Å². The van der Waals surface area contributed by atoms with Gasteiger partial charge in [-0.25, -0.2) is 8.78 Å². The number of nitrogens with zero attached hydrogens (tertiary/aromatic N) is 2. The molecule has 0 saturated carbocycles. The number of aromatic nitrogens is 3. The molecular formula is C27H21ClF2N4O2. The van der Waals surface area contributed by atoms with Crippen molar-refractivity contribution in [2.75, 3.05) is 12.4 Å². The monoisotopic (exact) mass is 506 g/mol. The number of halogens is 3. The van der Waals surface area contributed by atoms with Crippen LogP contribution in [0.2, 0.25) is 0 Å². The summed E-state index contributed by atoms with van der Waals surface area (Å²) in [4.78, 5) is 16.7. The molecule has 2 N–H and O–H groups in total. The summed E-state index contributed by atoms with van der Waals surface area (Å²) in [7, 11) is 1.62. The summed E-state index contributed by atoms with van der Waals surface area (Å²) in [6.07, 6.45) is 1.89. The Hall–Kier alpha value is -4.30. The number of methoxy groups -OCH3 is 1. The van der Waals surface area contributed by atoms with Gasteiger partial charge in [0.15, 0.2) is 0 Å². The number of carbonyl (C=O) groups excluding carboxylic acids is 1. The van der Waals surface area contributed by atoms with E-state index in [0.29, 0.717) is 27.8 Å². The first-order chi connectivity index (χ1) is 17.0. The SMILES string of the molecule is COc1cc2[nH]c3cc(NC(=O)c4cc5cc(F)ccc5n4Cc4cccc(F)c4)ccc3n2c1.Cl. The Balaban J connectivity index is 0.00000267. The number of benzene rings is 3. The molecule has 3 aromatic heterocycles. The van der Waals surface area contributed by atoms with Crippen LogP contribution in [0.5, 0.6) is 5.75 Å². The summed E-state index contributed by atoms with van der Waals surface area (Å²) in [6.45, 7) is 0.263. The molecule has 0 unspecified atom stereocenters. The number of hydrogen-bond acceptors (Lipinski definition) is 2. The second-order valence-corrected chi connectivity index (χ2v) is 8.40. The van der Waals surface area contributed by atoms with Crippen LogP contribution in [0.4, 0.5) is 14.5 Å². The number of H-pyrrole nitrogens is 1. The fourth-order valence-electron chi connectivity index (χ4n) is 4.52. The molecule has 0 atom stereocenters. The molecule has 6 rings (SSSR count). The third kappa shape index (κ3) is 4.05. The number of fused-ring (bicyclic) bond motifs is 4. The van der Waals surface area contributed by atoms with Gasteiger partial charge >= 0.3 is 0 Å². The van der Waals surface area contributed by atoms with Gasteiger partial charge in [-0.3, -0.25) is 9.20 Å². The van der Waals surface area contributed by atoms with E-state index in [1.54, 1.807) is 35.9 Å². The zero-order valence-corrected chi connectivity index (χ0v) is 19.9. The van der Waals surface area contributed by atoms with E-state index in [1.807, 2.05) is 34.9 Å². The van der Waals surface area contributed by atoms with Crippen LogP contribution in [-0.2, 0) is 6.54 Å². The molecule has 0 aliphatic carbocycles. The summed E-state index contributed by atoms with van der Waals surface area (Å²) in [5, 5.41) is 3.53. The third-order valence-electron chi connectivity index (χ3n) is 6.13. The van der Waals surface area contributed by atoms with Crippen LogP contribution in [0.25, 0.3) is 27.6 Å². The van der Waals surface area contributed by atoms with Crippen molar-refractivity contribution >= 4 is 51.6 Å². The lowest BCUT2D eigenvalue weighted by atomic mass is 10.2. The van der Waals surface area contributed by atoms with E-state index < -0.39 is 5.82 Å². The predicted molar refractivity (Wildman–Crippen MR) is 138 cm³/mol. The molecule has 0 spiro atoms. The quantitative estimate of drug-likeness (QED) is 0.285. The second-order valence-electron chi connectivity index (χ2n) is 8.40. The summed E-state index contributed by atoms with van der Waals surface area (Å²) in [6, 6.07) is 19.7. The fraction of sp³-hybridized carbons (Fsp3) is 0.0741. The second kappa shape index (κ2) is 9.05. The molecule has 36 heavy (non-hydrogen) atoms. The zero-order valence-electron chi connectivity index (χ0n) is 19.1. The van der Waals surface area contributed by atoms with Crippen molar-refractivity contribution in [1.82, 2.24) is 14.0 Å². The van der Waals surface area contributed by atoms with E-state index in [2.05, 4.69) is 10.3 Å². The highest BCUT2D eigenvalue weighted by molar-refractivity contribution is 6.07. The molecule has 6 aromatic rings. The molecule has 0 saturated heterocycles. The van der Waals surface area contributed by atoms with Crippen molar-refractivity contribution in [3.05, 3.63) is 102 Å². The van der Waals surface area contributed by atoms with E-state index in [1.165, 1.54) is 24.3 Å². The maximum atomic E-state index is 13.9. The van der Waals surface area contributed by atoms with E-state index in [-0.39, 0.29) is 30.7 Å². The molecule has 1 amide bonds. The van der Waals surface area contributed by atoms with E-state index >= 15 is 0 Å². The van der Waals surface area contributed by atoms with Gasteiger partial charge in [-0.2, -0.15) is 0 Å². The molecular weight excluding hydrogens is 486 g/mol. The highest BCUT2D eigenvalue weighted by Crippen LogP contribution is 2.27. The average molecular weight is 507 g/mol. The van der Waals surface area contributed by atoms with Crippen LogP contribution in [0.15, 0.2) is 79.0 Å². The molecule has 6 nitrogen and oxygen atoms in total. The Morgan fingerprint density at radius 3 is 2.58 bits per heavy atom. The number of ether oxygens (including phenoxy) is 1. The highest BCUT2D eigenvalue weighted by Gasteiger charge is 2.18. The minimum absolute atomic E-state index is 0. The number of rotatable bonds is 5. The Labute approximate surface area is 210 Å². The number of nitrogens with one attached hydrogen (secondary N) is 2. The molecule has 3 heterocycles. The van der Waals surface area contributed by atoms with Crippen LogP contribution in [0.1, 0.15) is 16.1 Å². The van der Waals surface area contributed by atoms with Gasteiger partial charge in [-0.1, -0.05) is 12.1 Å². The minimum Gasteiger partial charge on any atom is -0.495 e. The van der Waals surface area contributed by atoms with Crippen molar-refractivity contribution in [1.29, 1.82) is 0 Å². The number of amides is 1. The van der Waals surface area contributed by atoms with Crippen molar-refractivity contribution in [3.63, 3.8) is 0 Å². The number of imidazole rings is 1. The Kier molecular flexibility index (Phi) is 5.89. The van der Waals surface area contributed by atoms with E-state index in [4.69, 9.17) is 4.74 Å². The number of anilines is 1. The molecule has 0 radical (unpaired) electrons. The predicted octanol–water partition coefficient (Wildman–Crippen LogP) is 6.38. The summed E-state index contributed by atoms with van der Waals surface area (Å²) in [5.74, 6) is -0.349. The van der Waals surface area contributed by atoms with Gasteiger partial charge in [-0.15, -0.1) is 12.4 Å². The van der Waals surface area contributed by atoms with Gasteiger partial charge in [0.25, 0.3) is 5.91 Å². The van der Waals surface area contributed by atoms with Crippen LogP contribution in [0, 0.1) is 11.6 Å². The van der Waals surface area contributed by atoms with Crippen LogP contribution < -0.4 is 10.1 Å². The molecule has 0 aliphatic heterocycles.